The summed E-state index contributed by atoms with van der Waals surface area (Å²) in [6.07, 6.45) is 1.55. The number of likely N-dealkylation sites (N-methyl/N-ethyl adjacent to an activating group) is 1. The van der Waals surface area contributed by atoms with E-state index >= 15 is 0 Å². The van der Waals surface area contributed by atoms with Crippen molar-refractivity contribution in [2.45, 2.75) is 18.0 Å². The molecule has 2 rings (SSSR count). The Kier molecular flexibility index (Phi) is 5.31. The van der Waals surface area contributed by atoms with E-state index in [0.29, 0.717) is 12.4 Å². The minimum Gasteiger partial charge on any atom is -0.465 e. The molecule has 0 aliphatic carbocycles. The molecule has 20 heavy (non-hydrogen) atoms. The van der Waals surface area contributed by atoms with Gasteiger partial charge in [-0.05, 0) is 20.0 Å². The number of fused-ring (bicyclic) bond motifs is 1. The number of carbonyl (C=O) groups excluding carboxylic acids is 1. The molecule has 1 unspecified atom stereocenters. The average molecular weight is 291 g/mol. The SMILES string of the molecule is CCOC(=O)C(CSc1ncnc2ccccc12)NC. The Hall–Kier alpha value is -1.66. The number of benzene rings is 1. The number of hydrogen-bond acceptors (Lipinski definition) is 6. The van der Waals surface area contributed by atoms with E-state index < -0.39 is 0 Å². The van der Waals surface area contributed by atoms with Gasteiger partial charge in [0.25, 0.3) is 0 Å². The molecule has 2 aromatic rings. The smallest absolute Gasteiger partial charge is 0.323 e. The molecule has 0 aliphatic heterocycles. The zero-order chi connectivity index (χ0) is 14.4. The van der Waals surface area contributed by atoms with E-state index in [1.165, 1.54) is 11.8 Å². The summed E-state index contributed by atoms with van der Waals surface area (Å²) in [5, 5.41) is 4.84. The second-order valence-corrected chi connectivity index (χ2v) is 5.11. The molecular weight excluding hydrogens is 274 g/mol. The van der Waals surface area contributed by atoms with E-state index in [1.54, 1.807) is 20.3 Å². The number of para-hydroxylation sites is 1. The van der Waals surface area contributed by atoms with Crippen molar-refractivity contribution in [3.8, 4) is 0 Å². The van der Waals surface area contributed by atoms with Crippen LogP contribution in [-0.2, 0) is 9.53 Å². The van der Waals surface area contributed by atoms with E-state index in [4.69, 9.17) is 4.74 Å². The molecular formula is C14H17N3O2S. The molecule has 0 spiro atoms. The molecule has 1 heterocycles. The van der Waals surface area contributed by atoms with Gasteiger partial charge in [-0.15, -0.1) is 11.8 Å². The maximum absolute atomic E-state index is 11.7. The summed E-state index contributed by atoms with van der Waals surface area (Å²) >= 11 is 1.52. The van der Waals surface area contributed by atoms with Gasteiger partial charge in [-0.1, -0.05) is 18.2 Å². The molecule has 6 heteroatoms. The monoisotopic (exact) mass is 291 g/mol. The standard InChI is InChI=1S/C14H17N3O2S/c1-3-19-14(18)12(15-2)8-20-13-10-6-4-5-7-11(10)16-9-17-13/h4-7,9,12,15H,3,8H2,1-2H3. The quantitative estimate of drug-likeness (QED) is 0.498. The Morgan fingerprint density at radius 1 is 1.40 bits per heavy atom. The van der Waals surface area contributed by atoms with E-state index in [0.717, 1.165) is 15.9 Å². The minimum atomic E-state index is -0.339. The first-order chi connectivity index (χ1) is 9.76. The minimum absolute atomic E-state index is 0.235. The number of ether oxygens (including phenoxy) is 1. The average Bonchev–Trinajstić information content (AvgIpc) is 2.48. The van der Waals surface area contributed by atoms with Crippen molar-refractivity contribution >= 4 is 28.6 Å². The van der Waals surface area contributed by atoms with Crippen LogP contribution in [-0.4, -0.2) is 41.4 Å². The molecule has 106 valence electrons. The summed E-state index contributed by atoms with van der Waals surface area (Å²) in [7, 11) is 1.75. The van der Waals surface area contributed by atoms with Crippen LogP contribution in [0.15, 0.2) is 35.6 Å². The molecule has 0 bridgehead atoms. The first kappa shape index (κ1) is 14.7. The number of hydrogen-bond donors (Lipinski definition) is 1. The van der Waals surface area contributed by atoms with Crippen molar-refractivity contribution in [1.29, 1.82) is 0 Å². The van der Waals surface area contributed by atoms with Gasteiger partial charge in [0.05, 0.1) is 12.1 Å². The highest BCUT2D eigenvalue weighted by Crippen LogP contribution is 2.24. The van der Waals surface area contributed by atoms with E-state index in [-0.39, 0.29) is 12.0 Å². The lowest BCUT2D eigenvalue weighted by Crippen LogP contribution is -2.37. The topological polar surface area (TPSA) is 64.1 Å². The fraction of sp³-hybridized carbons (Fsp3) is 0.357. The highest BCUT2D eigenvalue weighted by atomic mass is 32.2. The van der Waals surface area contributed by atoms with Crippen LogP contribution >= 0.6 is 11.8 Å². The summed E-state index contributed by atoms with van der Waals surface area (Å²) in [6, 6.07) is 7.49. The van der Waals surface area contributed by atoms with Crippen LogP contribution in [0, 0.1) is 0 Å². The molecule has 0 saturated heterocycles. The summed E-state index contributed by atoms with van der Waals surface area (Å²) in [5.74, 6) is 0.331. The lowest BCUT2D eigenvalue weighted by molar-refractivity contribution is -0.144. The lowest BCUT2D eigenvalue weighted by Gasteiger charge is -2.14. The molecule has 0 fully saturated rings. The summed E-state index contributed by atoms with van der Waals surface area (Å²) in [5.41, 5.74) is 0.905. The number of rotatable bonds is 6. The zero-order valence-corrected chi connectivity index (χ0v) is 12.3. The Labute approximate surface area is 122 Å². The van der Waals surface area contributed by atoms with Gasteiger partial charge < -0.3 is 10.1 Å². The second-order valence-electron chi connectivity index (χ2n) is 4.10. The number of nitrogens with one attached hydrogen (secondary N) is 1. The predicted octanol–water partition coefficient (Wildman–Crippen LogP) is 1.87. The largest absolute Gasteiger partial charge is 0.465 e. The zero-order valence-electron chi connectivity index (χ0n) is 11.5. The third-order valence-electron chi connectivity index (χ3n) is 2.81. The number of nitrogens with zero attached hydrogens (tertiary/aromatic N) is 2. The first-order valence-corrected chi connectivity index (χ1v) is 7.41. The van der Waals surface area contributed by atoms with Gasteiger partial charge in [0.1, 0.15) is 17.4 Å². The van der Waals surface area contributed by atoms with Gasteiger partial charge in [0.2, 0.25) is 0 Å². The Bertz CT molecular complexity index is 586. The first-order valence-electron chi connectivity index (χ1n) is 6.42. The number of carbonyl (C=O) groups is 1. The maximum Gasteiger partial charge on any atom is 0.323 e. The molecule has 1 atom stereocenters. The highest BCUT2D eigenvalue weighted by Gasteiger charge is 2.18. The Balaban J connectivity index is 2.10. The molecule has 0 aliphatic rings. The third kappa shape index (κ3) is 3.46. The van der Waals surface area contributed by atoms with Gasteiger partial charge in [-0.2, -0.15) is 0 Å². The Morgan fingerprint density at radius 2 is 2.20 bits per heavy atom. The lowest BCUT2D eigenvalue weighted by atomic mass is 10.2. The maximum atomic E-state index is 11.7. The van der Waals surface area contributed by atoms with Crippen molar-refractivity contribution in [2.75, 3.05) is 19.4 Å². The van der Waals surface area contributed by atoms with E-state index in [2.05, 4.69) is 15.3 Å². The molecule has 0 radical (unpaired) electrons. The van der Waals surface area contributed by atoms with Crippen LogP contribution in [0.25, 0.3) is 10.9 Å². The number of aromatic nitrogens is 2. The highest BCUT2D eigenvalue weighted by molar-refractivity contribution is 7.99. The van der Waals surface area contributed by atoms with Gasteiger partial charge in [0, 0.05) is 11.1 Å². The number of thioether (sulfide) groups is 1. The number of esters is 1. The molecule has 5 nitrogen and oxygen atoms in total. The van der Waals surface area contributed by atoms with Crippen molar-refractivity contribution < 1.29 is 9.53 Å². The predicted molar refractivity (Wildman–Crippen MR) is 79.7 cm³/mol. The van der Waals surface area contributed by atoms with E-state index in [1.807, 2.05) is 24.3 Å². The van der Waals surface area contributed by atoms with Crippen LogP contribution in [0.3, 0.4) is 0 Å². The molecule has 1 aromatic heterocycles. The summed E-state index contributed by atoms with van der Waals surface area (Å²) in [4.78, 5) is 20.2. The van der Waals surface area contributed by atoms with Crippen LogP contribution in [0.1, 0.15) is 6.92 Å². The fourth-order valence-corrected chi connectivity index (χ4v) is 2.85. The van der Waals surface area contributed by atoms with Crippen LogP contribution < -0.4 is 5.32 Å². The second kappa shape index (κ2) is 7.21. The van der Waals surface area contributed by atoms with Crippen LogP contribution in [0.4, 0.5) is 0 Å². The van der Waals surface area contributed by atoms with Crippen molar-refractivity contribution in [2.24, 2.45) is 0 Å². The summed E-state index contributed by atoms with van der Waals surface area (Å²) < 4.78 is 5.02. The molecule has 1 aromatic carbocycles. The molecule has 1 N–H and O–H groups in total. The van der Waals surface area contributed by atoms with E-state index in [9.17, 15) is 4.79 Å². The van der Waals surface area contributed by atoms with Gasteiger partial charge >= 0.3 is 5.97 Å². The van der Waals surface area contributed by atoms with Crippen molar-refractivity contribution in [3.05, 3.63) is 30.6 Å². The Morgan fingerprint density at radius 3 is 2.95 bits per heavy atom. The third-order valence-corrected chi connectivity index (χ3v) is 3.91. The molecule has 0 saturated carbocycles. The fourth-order valence-electron chi connectivity index (χ4n) is 1.77. The normalized spacial score (nSPS) is 12.3. The molecule has 0 amide bonds. The van der Waals surface area contributed by atoms with Crippen LogP contribution in [0.5, 0.6) is 0 Å². The van der Waals surface area contributed by atoms with Crippen LogP contribution in [0.2, 0.25) is 0 Å². The van der Waals surface area contributed by atoms with Crippen molar-refractivity contribution in [3.63, 3.8) is 0 Å². The van der Waals surface area contributed by atoms with Gasteiger partial charge in [0.15, 0.2) is 0 Å². The summed E-state index contributed by atoms with van der Waals surface area (Å²) in [6.45, 7) is 2.19. The van der Waals surface area contributed by atoms with Gasteiger partial charge in [-0.3, -0.25) is 4.79 Å². The van der Waals surface area contributed by atoms with Crippen molar-refractivity contribution in [1.82, 2.24) is 15.3 Å². The van der Waals surface area contributed by atoms with Gasteiger partial charge in [-0.25, -0.2) is 9.97 Å².